The zero-order chi connectivity index (χ0) is 19.5. The molecule has 1 saturated carbocycles. The number of rotatable bonds is 5. The van der Waals surface area contributed by atoms with E-state index in [9.17, 15) is 9.59 Å². The molecule has 1 aromatic rings. The van der Waals surface area contributed by atoms with Gasteiger partial charge in [-0.05, 0) is 55.4 Å². The number of piperidine rings is 1. The zero-order valence-electron chi connectivity index (χ0n) is 16.9. The first-order chi connectivity index (χ1) is 13.7. The predicted octanol–water partition coefficient (Wildman–Crippen LogP) is 2.74. The molecule has 28 heavy (non-hydrogen) atoms. The van der Waals surface area contributed by atoms with Gasteiger partial charge in [-0.3, -0.25) is 14.5 Å². The van der Waals surface area contributed by atoms with Gasteiger partial charge in [0.05, 0.1) is 13.7 Å². The van der Waals surface area contributed by atoms with E-state index < -0.39 is 0 Å². The van der Waals surface area contributed by atoms with Crippen LogP contribution in [0.5, 0.6) is 0 Å². The molecule has 3 aliphatic rings. The van der Waals surface area contributed by atoms with E-state index in [1.807, 2.05) is 4.90 Å². The van der Waals surface area contributed by atoms with E-state index >= 15 is 0 Å². The summed E-state index contributed by atoms with van der Waals surface area (Å²) in [7, 11) is 1.46. The summed E-state index contributed by atoms with van der Waals surface area (Å²) in [6, 6.07) is 10.4. The topological polar surface area (TPSA) is 49.9 Å². The number of methoxy groups -OCH3 is 1. The Morgan fingerprint density at radius 3 is 2.54 bits per heavy atom. The van der Waals surface area contributed by atoms with E-state index in [1.54, 1.807) is 0 Å². The smallest absolute Gasteiger partial charge is 0.323 e. The van der Waals surface area contributed by atoms with Crippen molar-refractivity contribution in [1.82, 2.24) is 9.80 Å². The number of hydrogen-bond donors (Lipinski definition) is 0. The summed E-state index contributed by atoms with van der Waals surface area (Å²) in [5.74, 6) is 1.58. The summed E-state index contributed by atoms with van der Waals surface area (Å²) >= 11 is 0. The summed E-state index contributed by atoms with van der Waals surface area (Å²) < 4.78 is 5.06. The molecule has 1 aromatic carbocycles. The number of benzene rings is 1. The van der Waals surface area contributed by atoms with Gasteiger partial charge in [0.25, 0.3) is 0 Å². The van der Waals surface area contributed by atoms with Crippen LogP contribution in [-0.4, -0.2) is 61.0 Å². The molecule has 0 radical (unpaired) electrons. The molecule has 0 N–H and O–H groups in total. The number of hydrogen-bond acceptors (Lipinski definition) is 4. The fourth-order valence-electron chi connectivity index (χ4n) is 5.61. The van der Waals surface area contributed by atoms with Crippen LogP contribution >= 0.6 is 0 Å². The van der Waals surface area contributed by atoms with Crippen molar-refractivity contribution in [3.05, 3.63) is 35.9 Å². The molecule has 2 aliphatic heterocycles. The second kappa shape index (κ2) is 8.64. The van der Waals surface area contributed by atoms with Gasteiger partial charge in [-0.25, -0.2) is 0 Å². The number of amides is 1. The highest BCUT2D eigenvalue weighted by Crippen LogP contribution is 2.42. The maximum Gasteiger partial charge on any atom is 0.323 e. The largest absolute Gasteiger partial charge is 0.468 e. The normalized spacial score (nSPS) is 28.3. The molecule has 5 heteroatoms. The minimum absolute atomic E-state index is 0.163. The third-order valence-electron chi connectivity index (χ3n) is 7.10. The Bertz CT molecular complexity index is 684. The van der Waals surface area contributed by atoms with Gasteiger partial charge in [-0.15, -0.1) is 0 Å². The average Bonchev–Trinajstić information content (AvgIpc) is 3.29. The maximum absolute atomic E-state index is 12.9. The summed E-state index contributed by atoms with van der Waals surface area (Å²) in [6.45, 7) is 2.89. The van der Waals surface area contributed by atoms with Crippen molar-refractivity contribution in [2.24, 2.45) is 17.8 Å². The first-order valence-electron chi connectivity index (χ1n) is 10.8. The lowest BCUT2D eigenvalue weighted by Crippen LogP contribution is -2.48. The lowest BCUT2D eigenvalue weighted by molar-refractivity contribution is -0.148. The monoisotopic (exact) mass is 384 g/mol. The fraction of sp³-hybridized carbons (Fsp3) is 0.652. The third kappa shape index (κ3) is 4.09. The first kappa shape index (κ1) is 19.4. The van der Waals surface area contributed by atoms with Crippen LogP contribution in [0.4, 0.5) is 0 Å². The molecule has 152 valence electrons. The Hall–Kier alpha value is -1.88. The van der Waals surface area contributed by atoms with Crippen LogP contribution in [-0.2, 0) is 20.7 Å². The van der Waals surface area contributed by atoms with Gasteiger partial charge in [-0.1, -0.05) is 36.8 Å². The van der Waals surface area contributed by atoms with E-state index in [1.165, 1.54) is 25.5 Å². The van der Waals surface area contributed by atoms with Crippen molar-refractivity contribution in [2.45, 2.75) is 44.6 Å². The minimum atomic E-state index is -0.225. The van der Waals surface area contributed by atoms with Gasteiger partial charge < -0.3 is 9.64 Å². The SMILES string of the molecule is COC(=O)C1C2CCCC2CN1CC(=O)N1CCC(Cc2ccccc2)CC1. The van der Waals surface area contributed by atoms with Crippen molar-refractivity contribution >= 4 is 11.9 Å². The number of fused-ring (bicyclic) bond motifs is 1. The van der Waals surface area contributed by atoms with Crippen LogP contribution in [0.2, 0.25) is 0 Å². The van der Waals surface area contributed by atoms with Crippen LogP contribution in [0.25, 0.3) is 0 Å². The summed E-state index contributed by atoms with van der Waals surface area (Å²) in [6.07, 6.45) is 6.68. The number of esters is 1. The van der Waals surface area contributed by atoms with E-state index in [4.69, 9.17) is 4.74 Å². The molecule has 0 aromatic heterocycles. The van der Waals surface area contributed by atoms with Crippen molar-refractivity contribution in [3.63, 3.8) is 0 Å². The Morgan fingerprint density at radius 1 is 1.07 bits per heavy atom. The first-order valence-corrected chi connectivity index (χ1v) is 10.8. The molecular weight excluding hydrogens is 352 g/mol. The second-order valence-electron chi connectivity index (χ2n) is 8.77. The van der Waals surface area contributed by atoms with Crippen LogP contribution in [0, 0.1) is 17.8 Å². The van der Waals surface area contributed by atoms with Gasteiger partial charge in [0, 0.05) is 19.6 Å². The van der Waals surface area contributed by atoms with Gasteiger partial charge in [0.1, 0.15) is 6.04 Å². The number of carbonyl (C=O) groups excluding carboxylic acids is 2. The molecule has 5 nitrogen and oxygen atoms in total. The zero-order valence-corrected chi connectivity index (χ0v) is 16.9. The summed E-state index contributed by atoms with van der Waals surface area (Å²) in [4.78, 5) is 29.4. The van der Waals surface area contributed by atoms with E-state index in [0.29, 0.717) is 24.3 Å². The molecular formula is C23H32N2O3. The van der Waals surface area contributed by atoms with Crippen LogP contribution in [0.1, 0.15) is 37.7 Å². The number of carbonyl (C=O) groups is 2. The summed E-state index contributed by atoms with van der Waals surface area (Å²) in [5.41, 5.74) is 1.39. The van der Waals surface area contributed by atoms with Crippen LogP contribution in [0.3, 0.4) is 0 Å². The van der Waals surface area contributed by atoms with Gasteiger partial charge in [0.2, 0.25) is 5.91 Å². The minimum Gasteiger partial charge on any atom is -0.468 e. The molecule has 1 amide bonds. The van der Waals surface area contributed by atoms with Crippen molar-refractivity contribution < 1.29 is 14.3 Å². The molecule has 1 aliphatic carbocycles. The third-order valence-corrected chi connectivity index (χ3v) is 7.10. The standard InChI is InChI=1S/C23H32N2O3/c1-28-23(27)22-20-9-5-8-19(20)15-25(22)16-21(26)24-12-10-18(11-13-24)14-17-6-3-2-4-7-17/h2-4,6-7,18-20,22H,5,8-16H2,1H3. The Kier molecular flexibility index (Phi) is 6.00. The maximum atomic E-state index is 12.9. The molecule has 2 heterocycles. The highest BCUT2D eigenvalue weighted by molar-refractivity contribution is 5.81. The molecule has 4 rings (SSSR count). The lowest BCUT2D eigenvalue weighted by Gasteiger charge is -2.34. The van der Waals surface area contributed by atoms with Crippen LogP contribution in [0.15, 0.2) is 30.3 Å². The van der Waals surface area contributed by atoms with Gasteiger partial charge in [-0.2, -0.15) is 0 Å². The Balaban J connectivity index is 1.30. The molecule has 3 fully saturated rings. The molecule has 0 spiro atoms. The lowest BCUT2D eigenvalue weighted by atomic mass is 9.90. The number of ether oxygens (including phenoxy) is 1. The van der Waals surface area contributed by atoms with E-state index in [-0.39, 0.29) is 17.9 Å². The molecule has 2 saturated heterocycles. The number of nitrogens with zero attached hydrogens (tertiary/aromatic N) is 2. The highest BCUT2D eigenvalue weighted by atomic mass is 16.5. The quantitative estimate of drug-likeness (QED) is 0.733. The molecule has 3 atom stereocenters. The Labute approximate surface area is 168 Å². The van der Waals surface area contributed by atoms with Gasteiger partial charge >= 0.3 is 5.97 Å². The van der Waals surface area contributed by atoms with Crippen molar-refractivity contribution in [3.8, 4) is 0 Å². The average molecular weight is 385 g/mol. The molecule has 0 bridgehead atoms. The van der Waals surface area contributed by atoms with E-state index in [0.717, 1.165) is 45.3 Å². The predicted molar refractivity (Wildman–Crippen MR) is 108 cm³/mol. The van der Waals surface area contributed by atoms with Crippen LogP contribution < -0.4 is 0 Å². The highest BCUT2D eigenvalue weighted by Gasteiger charge is 2.48. The van der Waals surface area contributed by atoms with Gasteiger partial charge in [0.15, 0.2) is 0 Å². The number of likely N-dealkylation sites (tertiary alicyclic amines) is 2. The van der Waals surface area contributed by atoms with E-state index in [2.05, 4.69) is 35.2 Å². The van der Waals surface area contributed by atoms with Crippen molar-refractivity contribution in [1.29, 1.82) is 0 Å². The molecule has 3 unspecified atom stereocenters. The van der Waals surface area contributed by atoms with Crippen molar-refractivity contribution in [2.75, 3.05) is 33.3 Å². The summed E-state index contributed by atoms with van der Waals surface area (Å²) in [5, 5.41) is 0. The Morgan fingerprint density at radius 2 is 1.82 bits per heavy atom. The second-order valence-corrected chi connectivity index (χ2v) is 8.77. The fourth-order valence-corrected chi connectivity index (χ4v) is 5.61.